The number of imidazole rings is 1. The Balaban J connectivity index is 1.86. The number of nitrogens with zero attached hydrogens (tertiary/aromatic N) is 2. The summed E-state index contributed by atoms with van der Waals surface area (Å²) in [7, 11) is 3.29. The smallest absolute Gasteiger partial charge is 0.139 e. The van der Waals surface area contributed by atoms with Gasteiger partial charge in [-0.3, -0.25) is 4.40 Å². The van der Waals surface area contributed by atoms with Crippen LogP contribution in [0.2, 0.25) is 5.02 Å². The van der Waals surface area contributed by atoms with Crippen LogP contribution >= 0.6 is 11.6 Å². The van der Waals surface area contributed by atoms with E-state index in [1.165, 1.54) is 5.56 Å². The first-order chi connectivity index (χ1) is 13.7. The molecule has 0 radical (unpaired) electrons. The second-order valence-corrected chi connectivity index (χ2v) is 6.73. The molecule has 0 atom stereocenters. The summed E-state index contributed by atoms with van der Waals surface area (Å²) in [6, 6.07) is 19.6. The number of halogens is 1. The van der Waals surface area contributed by atoms with Crippen LogP contribution in [0.1, 0.15) is 5.56 Å². The molecule has 0 aliphatic rings. The minimum Gasteiger partial charge on any atom is -0.497 e. The van der Waals surface area contributed by atoms with Crippen LogP contribution in [0.15, 0.2) is 66.9 Å². The second kappa shape index (κ2) is 7.82. The molecule has 142 valence electrons. The molecule has 0 bridgehead atoms. The number of methoxy groups -OCH3 is 2. The van der Waals surface area contributed by atoms with E-state index in [0.717, 1.165) is 34.2 Å². The first-order valence-electron chi connectivity index (χ1n) is 8.87. The predicted octanol–water partition coefficient (Wildman–Crippen LogP) is 5.28. The van der Waals surface area contributed by atoms with Crippen LogP contribution in [0, 0.1) is 0 Å². The van der Waals surface area contributed by atoms with Crippen molar-refractivity contribution in [1.29, 1.82) is 0 Å². The molecule has 1 N–H and O–H groups in total. The zero-order valence-corrected chi connectivity index (χ0v) is 16.4. The number of anilines is 1. The van der Waals surface area contributed by atoms with Gasteiger partial charge >= 0.3 is 0 Å². The Kier molecular flexibility index (Phi) is 5.08. The molecule has 28 heavy (non-hydrogen) atoms. The highest BCUT2D eigenvalue weighted by Crippen LogP contribution is 2.38. The Bertz CT molecular complexity index is 1110. The Labute approximate surface area is 168 Å². The highest BCUT2D eigenvalue weighted by Gasteiger charge is 2.18. The molecule has 4 aromatic rings. The van der Waals surface area contributed by atoms with Gasteiger partial charge in [0, 0.05) is 18.3 Å². The fourth-order valence-corrected chi connectivity index (χ4v) is 3.32. The van der Waals surface area contributed by atoms with E-state index in [9.17, 15) is 0 Å². The van der Waals surface area contributed by atoms with E-state index in [1.54, 1.807) is 14.2 Å². The first kappa shape index (κ1) is 18.2. The van der Waals surface area contributed by atoms with Gasteiger partial charge in [0.15, 0.2) is 0 Å². The van der Waals surface area contributed by atoms with Crippen molar-refractivity contribution in [2.24, 2.45) is 0 Å². The molecule has 2 aromatic carbocycles. The Hall–Kier alpha value is -3.18. The van der Waals surface area contributed by atoms with Gasteiger partial charge in [-0.15, -0.1) is 0 Å². The molecule has 4 rings (SSSR count). The highest BCUT2D eigenvalue weighted by molar-refractivity contribution is 6.30. The molecule has 0 aliphatic carbocycles. The summed E-state index contributed by atoms with van der Waals surface area (Å²) in [6.07, 6.45) is 1.85. The normalized spacial score (nSPS) is 10.8. The molecule has 0 aliphatic heterocycles. The van der Waals surface area contributed by atoms with E-state index in [2.05, 4.69) is 17.4 Å². The standard InChI is InChI=1S/C22H20ClN3O2/c1-27-17-9-10-19(28-2)18(12-17)21-22(24-13-15-6-4-3-5-7-15)26-14-16(23)8-11-20(26)25-21/h3-12,14,24H,13H2,1-2H3. The van der Waals surface area contributed by atoms with Crippen molar-refractivity contribution in [1.82, 2.24) is 9.38 Å². The predicted molar refractivity (Wildman–Crippen MR) is 113 cm³/mol. The molecule has 5 nitrogen and oxygen atoms in total. The second-order valence-electron chi connectivity index (χ2n) is 6.29. The van der Waals surface area contributed by atoms with Crippen LogP contribution in [-0.4, -0.2) is 23.6 Å². The summed E-state index contributed by atoms with van der Waals surface area (Å²) in [5, 5.41) is 4.15. The van der Waals surface area contributed by atoms with E-state index < -0.39 is 0 Å². The topological polar surface area (TPSA) is 47.8 Å². The van der Waals surface area contributed by atoms with E-state index in [1.807, 2.05) is 59.1 Å². The van der Waals surface area contributed by atoms with Gasteiger partial charge in [0.25, 0.3) is 0 Å². The van der Waals surface area contributed by atoms with Gasteiger partial charge in [0.05, 0.1) is 19.2 Å². The van der Waals surface area contributed by atoms with E-state index >= 15 is 0 Å². The summed E-state index contributed by atoms with van der Waals surface area (Å²) in [4.78, 5) is 4.83. The lowest BCUT2D eigenvalue weighted by molar-refractivity contribution is 0.404. The number of ether oxygens (including phenoxy) is 2. The van der Waals surface area contributed by atoms with Crippen LogP contribution in [0.5, 0.6) is 11.5 Å². The maximum Gasteiger partial charge on any atom is 0.139 e. The van der Waals surface area contributed by atoms with Crippen molar-refractivity contribution in [3.8, 4) is 22.8 Å². The summed E-state index contributed by atoms with van der Waals surface area (Å²) >= 11 is 6.25. The fourth-order valence-electron chi connectivity index (χ4n) is 3.16. The number of pyridine rings is 1. The van der Waals surface area contributed by atoms with Gasteiger partial charge in [0.2, 0.25) is 0 Å². The van der Waals surface area contributed by atoms with Crippen LogP contribution in [-0.2, 0) is 6.54 Å². The van der Waals surface area contributed by atoms with Crippen molar-refractivity contribution in [2.45, 2.75) is 6.54 Å². The maximum absolute atomic E-state index is 6.25. The average Bonchev–Trinajstić information content (AvgIpc) is 3.10. The number of hydrogen-bond donors (Lipinski definition) is 1. The molecular formula is C22H20ClN3O2. The lowest BCUT2D eigenvalue weighted by Gasteiger charge is -2.12. The van der Waals surface area contributed by atoms with Crippen molar-refractivity contribution in [3.05, 3.63) is 77.4 Å². The van der Waals surface area contributed by atoms with Gasteiger partial charge in [-0.05, 0) is 35.9 Å². The number of aromatic nitrogens is 2. The zero-order valence-electron chi connectivity index (χ0n) is 15.6. The monoisotopic (exact) mass is 393 g/mol. The third-order valence-electron chi connectivity index (χ3n) is 4.55. The molecule has 2 heterocycles. The van der Waals surface area contributed by atoms with Crippen LogP contribution in [0.25, 0.3) is 16.9 Å². The zero-order chi connectivity index (χ0) is 19.5. The molecular weight excluding hydrogens is 374 g/mol. The van der Waals surface area contributed by atoms with E-state index in [-0.39, 0.29) is 0 Å². The quantitative estimate of drug-likeness (QED) is 0.484. The summed E-state index contributed by atoms with van der Waals surface area (Å²) in [5.41, 5.74) is 3.58. The van der Waals surface area contributed by atoms with Crippen LogP contribution in [0.4, 0.5) is 5.82 Å². The van der Waals surface area contributed by atoms with Gasteiger partial charge in [-0.2, -0.15) is 0 Å². The average molecular weight is 394 g/mol. The van der Waals surface area contributed by atoms with Gasteiger partial charge in [-0.1, -0.05) is 41.9 Å². The van der Waals surface area contributed by atoms with Gasteiger partial charge < -0.3 is 14.8 Å². The van der Waals surface area contributed by atoms with Gasteiger partial charge in [-0.25, -0.2) is 4.98 Å². The maximum atomic E-state index is 6.25. The molecule has 0 spiro atoms. The Morgan fingerprint density at radius 1 is 1.00 bits per heavy atom. The molecule has 2 aromatic heterocycles. The molecule has 0 saturated carbocycles. The Morgan fingerprint density at radius 3 is 2.57 bits per heavy atom. The molecule has 0 unspecified atom stereocenters. The van der Waals surface area contributed by atoms with Crippen molar-refractivity contribution >= 4 is 23.1 Å². The number of hydrogen-bond acceptors (Lipinski definition) is 4. The summed E-state index contributed by atoms with van der Waals surface area (Å²) in [6.45, 7) is 0.653. The van der Waals surface area contributed by atoms with Crippen molar-refractivity contribution in [2.75, 3.05) is 19.5 Å². The SMILES string of the molecule is COc1ccc(OC)c(-c2nc3ccc(Cl)cn3c2NCc2ccccc2)c1. The number of nitrogens with one attached hydrogen (secondary N) is 1. The lowest BCUT2D eigenvalue weighted by atomic mass is 10.1. The largest absolute Gasteiger partial charge is 0.497 e. The minimum atomic E-state index is 0.636. The lowest BCUT2D eigenvalue weighted by Crippen LogP contribution is -2.03. The number of benzene rings is 2. The summed E-state index contributed by atoms with van der Waals surface area (Å²) in [5.74, 6) is 2.30. The molecule has 0 amide bonds. The van der Waals surface area contributed by atoms with Gasteiger partial charge in [0.1, 0.15) is 28.7 Å². The first-order valence-corrected chi connectivity index (χ1v) is 9.25. The minimum absolute atomic E-state index is 0.636. The van der Waals surface area contributed by atoms with E-state index in [0.29, 0.717) is 11.6 Å². The third kappa shape index (κ3) is 3.49. The molecule has 0 fully saturated rings. The van der Waals surface area contributed by atoms with Crippen LogP contribution in [0.3, 0.4) is 0 Å². The van der Waals surface area contributed by atoms with E-state index in [4.69, 9.17) is 26.1 Å². The Morgan fingerprint density at radius 2 is 1.82 bits per heavy atom. The fraction of sp³-hybridized carbons (Fsp3) is 0.136. The van der Waals surface area contributed by atoms with Crippen LogP contribution < -0.4 is 14.8 Å². The number of fused-ring (bicyclic) bond motifs is 1. The van der Waals surface area contributed by atoms with Crippen molar-refractivity contribution < 1.29 is 9.47 Å². The molecule has 0 saturated heterocycles. The number of rotatable bonds is 6. The third-order valence-corrected chi connectivity index (χ3v) is 4.77. The van der Waals surface area contributed by atoms with Crippen molar-refractivity contribution in [3.63, 3.8) is 0 Å². The highest BCUT2D eigenvalue weighted by atomic mass is 35.5. The molecule has 6 heteroatoms. The summed E-state index contributed by atoms with van der Waals surface area (Å²) < 4.78 is 12.9.